The molecule has 8 heteroatoms. The van der Waals surface area contributed by atoms with Gasteiger partial charge in [0.15, 0.2) is 0 Å². The molecule has 0 aliphatic carbocycles. The molecule has 128 valence electrons. The number of amides is 1. The van der Waals surface area contributed by atoms with Crippen LogP contribution < -0.4 is 15.6 Å². The summed E-state index contributed by atoms with van der Waals surface area (Å²) in [5.41, 5.74) is 6.81. The number of hydrogen-bond donors (Lipinski definition) is 4. The highest BCUT2D eigenvalue weighted by atomic mass is 16.5. The highest BCUT2D eigenvalue weighted by Gasteiger charge is 2.04. The molecule has 0 aromatic heterocycles. The molecule has 4 N–H and O–H groups in total. The van der Waals surface area contributed by atoms with Crippen LogP contribution in [0.3, 0.4) is 0 Å². The van der Waals surface area contributed by atoms with Gasteiger partial charge in [-0.3, -0.25) is 10.2 Å². The van der Waals surface area contributed by atoms with Gasteiger partial charge in [-0.25, -0.2) is 15.0 Å². The van der Waals surface area contributed by atoms with Crippen molar-refractivity contribution < 1.29 is 29.3 Å². The predicted octanol–water partition coefficient (Wildman–Crippen LogP) is 0.813. The lowest BCUT2D eigenvalue weighted by molar-refractivity contribution is -0.159. The first-order valence-corrected chi connectivity index (χ1v) is 6.87. The molecule has 1 unspecified atom stereocenters. The Morgan fingerprint density at radius 3 is 2.04 bits per heavy atom. The Bertz CT molecular complexity index is 503. The molecule has 0 saturated carbocycles. The molecule has 1 amide bonds. The molecule has 0 spiro atoms. The molecule has 0 radical (unpaired) electrons. The average molecular weight is 326 g/mol. The number of rotatable bonds is 6. The minimum Gasteiger partial charge on any atom is -0.497 e. The number of aryl methyl sites for hydroxylation is 1. The molecular weight excluding hydrogens is 304 g/mol. The van der Waals surface area contributed by atoms with E-state index in [1.54, 1.807) is 7.11 Å². The fourth-order valence-electron chi connectivity index (χ4n) is 1.47. The molecule has 1 atom stereocenters. The Morgan fingerprint density at radius 1 is 1.13 bits per heavy atom. The monoisotopic (exact) mass is 326 g/mol. The van der Waals surface area contributed by atoms with Crippen LogP contribution in [0.5, 0.6) is 5.75 Å². The van der Waals surface area contributed by atoms with Gasteiger partial charge in [0, 0.05) is 13.0 Å². The summed E-state index contributed by atoms with van der Waals surface area (Å²) < 4.78 is 5.10. The summed E-state index contributed by atoms with van der Waals surface area (Å²) in [4.78, 5) is 28.9. The molecule has 8 nitrogen and oxygen atoms in total. The number of carbonyl (C=O) groups is 3. The largest absolute Gasteiger partial charge is 0.497 e. The van der Waals surface area contributed by atoms with Crippen molar-refractivity contribution in [2.75, 3.05) is 7.11 Å². The number of hydrogen-bond acceptors (Lipinski definition) is 5. The quantitative estimate of drug-likeness (QED) is 0.450. The standard InChI is InChI=1S/C13H20N2O2.C2H2O4/c1-10(14-15-11(2)16)4-5-12-6-8-13(17-3)9-7-12;3-1(4)2(5)6/h6-10,14H,4-5H2,1-3H3,(H,15,16);(H,3,4)(H,5,6). The van der Waals surface area contributed by atoms with E-state index in [9.17, 15) is 4.79 Å². The minimum absolute atomic E-state index is 0.0682. The van der Waals surface area contributed by atoms with Crippen molar-refractivity contribution >= 4 is 17.8 Å². The van der Waals surface area contributed by atoms with Crippen LogP contribution in [0.15, 0.2) is 24.3 Å². The lowest BCUT2D eigenvalue weighted by atomic mass is 10.1. The van der Waals surface area contributed by atoms with E-state index in [1.807, 2.05) is 19.1 Å². The van der Waals surface area contributed by atoms with E-state index in [4.69, 9.17) is 24.5 Å². The molecule has 0 heterocycles. The molecule has 0 aliphatic heterocycles. The van der Waals surface area contributed by atoms with E-state index in [1.165, 1.54) is 12.5 Å². The number of hydrazine groups is 1. The van der Waals surface area contributed by atoms with E-state index in [-0.39, 0.29) is 11.9 Å². The summed E-state index contributed by atoms with van der Waals surface area (Å²) in [5.74, 6) is -2.84. The van der Waals surface area contributed by atoms with Crippen LogP contribution in [0.1, 0.15) is 25.8 Å². The summed E-state index contributed by atoms with van der Waals surface area (Å²) in [6.07, 6.45) is 1.93. The molecule has 0 aliphatic rings. The molecule has 0 bridgehead atoms. The molecule has 1 rings (SSSR count). The lowest BCUT2D eigenvalue weighted by Gasteiger charge is -2.13. The maximum Gasteiger partial charge on any atom is 0.414 e. The molecule has 1 aromatic carbocycles. The van der Waals surface area contributed by atoms with Crippen molar-refractivity contribution in [1.82, 2.24) is 10.9 Å². The molecule has 1 aromatic rings. The van der Waals surface area contributed by atoms with Crippen LogP contribution in [-0.4, -0.2) is 41.2 Å². The normalized spacial score (nSPS) is 10.7. The summed E-state index contributed by atoms with van der Waals surface area (Å²) in [6, 6.07) is 8.29. The third-order valence-corrected chi connectivity index (χ3v) is 2.70. The second-order valence-electron chi connectivity index (χ2n) is 4.72. The van der Waals surface area contributed by atoms with Crippen LogP contribution >= 0.6 is 0 Å². The van der Waals surface area contributed by atoms with Crippen molar-refractivity contribution in [1.29, 1.82) is 0 Å². The number of aliphatic carboxylic acids is 2. The number of carboxylic acid groups (broad SMARTS) is 2. The van der Waals surface area contributed by atoms with Crippen LogP contribution in [0.4, 0.5) is 0 Å². The maximum absolute atomic E-state index is 10.7. The Kier molecular flexibility index (Phi) is 9.77. The molecular formula is C15H22N2O6. The zero-order valence-electron chi connectivity index (χ0n) is 13.3. The first kappa shape index (κ1) is 20.4. The Balaban J connectivity index is 0.000000688. The molecule has 0 saturated heterocycles. The van der Waals surface area contributed by atoms with Crippen molar-refractivity contribution in [2.24, 2.45) is 0 Å². The summed E-state index contributed by atoms with van der Waals surface area (Å²) >= 11 is 0. The van der Waals surface area contributed by atoms with Crippen molar-refractivity contribution in [3.8, 4) is 5.75 Å². The van der Waals surface area contributed by atoms with E-state index in [2.05, 4.69) is 23.0 Å². The Labute approximate surface area is 134 Å². The van der Waals surface area contributed by atoms with Gasteiger partial charge in [-0.15, -0.1) is 0 Å². The third kappa shape index (κ3) is 10.7. The minimum atomic E-state index is -1.82. The summed E-state index contributed by atoms with van der Waals surface area (Å²) in [7, 11) is 1.66. The predicted molar refractivity (Wildman–Crippen MR) is 83.0 cm³/mol. The Morgan fingerprint density at radius 2 is 1.65 bits per heavy atom. The molecule has 0 fully saturated rings. The fraction of sp³-hybridized carbons (Fsp3) is 0.400. The van der Waals surface area contributed by atoms with Gasteiger partial charge in [0.05, 0.1) is 7.11 Å². The zero-order chi connectivity index (χ0) is 17.8. The van der Waals surface area contributed by atoms with Gasteiger partial charge in [0.25, 0.3) is 0 Å². The second kappa shape index (κ2) is 11.0. The summed E-state index contributed by atoms with van der Waals surface area (Å²) in [6.45, 7) is 3.53. The van der Waals surface area contributed by atoms with Gasteiger partial charge >= 0.3 is 11.9 Å². The smallest absolute Gasteiger partial charge is 0.414 e. The number of methoxy groups -OCH3 is 1. The van der Waals surface area contributed by atoms with Crippen LogP contribution in [0.25, 0.3) is 0 Å². The fourth-order valence-corrected chi connectivity index (χ4v) is 1.47. The van der Waals surface area contributed by atoms with Gasteiger partial charge in [0.1, 0.15) is 5.75 Å². The van der Waals surface area contributed by atoms with E-state index < -0.39 is 11.9 Å². The number of nitrogens with one attached hydrogen (secondary N) is 2. The zero-order valence-corrected chi connectivity index (χ0v) is 13.3. The van der Waals surface area contributed by atoms with E-state index in [0.717, 1.165) is 18.6 Å². The Hall–Kier alpha value is -2.61. The third-order valence-electron chi connectivity index (χ3n) is 2.70. The van der Waals surface area contributed by atoms with E-state index >= 15 is 0 Å². The summed E-state index contributed by atoms with van der Waals surface area (Å²) in [5, 5.41) is 14.8. The number of ether oxygens (including phenoxy) is 1. The van der Waals surface area contributed by atoms with Gasteiger partial charge in [-0.2, -0.15) is 0 Å². The first-order valence-electron chi connectivity index (χ1n) is 6.87. The lowest BCUT2D eigenvalue weighted by Crippen LogP contribution is -2.41. The molecule has 23 heavy (non-hydrogen) atoms. The van der Waals surface area contributed by atoms with Crippen molar-refractivity contribution in [3.05, 3.63) is 29.8 Å². The maximum atomic E-state index is 10.7. The van der Waals surface area contributed by atoms with Crippen molar-refractivity contribution in [3.63, 3.8) is 0 Å². The van der Waals surface area contributed by atoms with Crippen LogP contribution in [-0.2, 0) is 20.8 Å². The van der Waals surface area contributed by atoms with Gasteiger partial charge in [-0.1, -0.05) is 12.1 Å². The topological polar surface area (TPSA) is 125 Å². The average Bonchev–Trinajstić information content (AvgIpc) is 2.51. The highest BCUT2D eigenvalue weighted by molar-refractivity contribution is 6.27. The van der Waals surface area contributed by atoms with Crippen molar-refractivity contribution in [2.45, 2.75) is 32.7 Å². The van der Waals surface area contributed by atoms with Gasteiger partial charge in [-0.05, 0) is 37.5 Å². The first-order chi connectivity index (χ1) is 10.8. The van der Waals surface area contributed by atoms with Crippen LogP contribution in [0.2, 0.25) is 0 Å². The van der Waals surface area contributed by atoms with E-state index in [0.29, 0.717) is 0 Å². The SMILES string of the molecule is COc1ccc(CCC(C)NNC(C)=O)cc1.O=C(O)C(=O)O. The number of carbonyl (C=O) groups excluding carboxylic acids is 1. The van der Waals surface area contributed by atoms with Gasteiger partial charge in [0.2, 0.25) is 5.91 Å². The number of carboxylic acids is 2. The van der Waals surface area contributed by atoms with Crippen LogP contribution in [0, 0.1) is 0 Å². The highest BCUT2D eigenvalue weighted by Crippen LogP contribution is 2.13. The second-order valence-corrected chi connectivity index (χ2v) is 4.72. The number of benzene rings is 1. The van der Waals surface area contributed by atoms with Gasteiger partial charge < -0.3 is 14.9 Å².